The molecule has 1 rings (SSSR count). The Morgan fingerprint density at radius 3 is 2.20 bits per heavy atom. The lowest BCUT2D eigenvalue weighted by atomic mass is 10.0. The minimum Gasteiger partial charge on any atom is -0.480 e. The van der Waals surface area contributed by atoms with Crippen LogP contribution in [0.3, 0.4) is 0 Å². The zero-order valence-electron chi connectivity index (χ0n) is 11.7. The Kier molecular flexibility index (Phi) is 5.10. The fourth-order valence-electron chi connectivity index (χ4n) is 1.55. The number of amides is 1. The molecule has 0 saturated carbocycles. The number of carboxylic acids is 1. The SMILES string of the molecule is CC(C)(C)OC(=O)NC(C(=O)O)C(O)c1ccccc1. The second-order valence-electron chi connectivity index (χ2n) is 5.32. The zero-order valence-corrected chi connectivity index (χ0v) is 11.7. The molecule has 0 saturated heterocycles. The molecule has 2 atom stereocenters. The summed E-state index contributed by atoms with van der Waals surface area (Å²) in [5.74, 6) is -1.34. The topological polar surface area (TPSA) is 95.9 Å². The summed E-state index contributed by atoms with van der Waals surface area (Å²) in [6.07, 6.45) is -2.25. The minimum atomic E-state index is -1.48. The summed E-state index contributed by atoms with van der Waals surface area (Å²) in [5.41, 5.74) is -0.346. The van der Waals surface area contributed by atoms with Crippen molar-refractivity contribution in [3.63, 3.8) is 0 Å². The van der Waals surface area contributed by atoms with E-state index in [1.54, 1.807) is 51.1 Å². The summed E-state index contributed by atoms with van der Waals surface area (Å²) < 4.78 is 4.98. The molecule has 6 nitrogen and oxygen atoms in total. The van der Waals surface area contributed by atoms with Gasteiger partial charge >= 0.3 is 12.1 Å². The van der Waals surface area contributed by atoms with Gasteiger partial charge in [0.25, 0.3) is 0 Å². The van der Waals surface area contributed by atoms with Gasteiger partial charge in [-0.25, -0.2) is 9.59 Å². The quantitative estimate of drug-likeness (QED) is 0.780. The summed E-state index contributed by atoms with van der Waals surface area (Å²) in [6.45, 7) is 4.99. The van der Waals surface area contributed by atoms with E-state index in [2.05, 4.69) is 5.32 Å². The Bertz CT molecular complexity index is 466. The Morgan fingerprint density at radius 2 is 1.75 bits per heavy atom. The molecule has 0 aliphatic heterocycles. The number of carboxylic acid groups (broad SMARTS) is 1. The van der Waals surface area contributed by atoms with Gasteiger partial charge in [0.2, 0.25) is 0 Å². The third-order valence-electron chi connectivity index (χ3n) is 2.40. The van der Waals surface area contributed by atoms with Crippen molar-refractivity contribution in [2.75, 3.05) is 0 Å². The molecule has 0 radical (unpaired) electrons. The second-order valence-corrected chi connectivity index (χ2v) is 5.32. The predicted octanol–water partition coefficient (Wildman–Crippen LogP) is 1.70. The molecule has 0 spiro atoms. The molecule has 0 aliphatic rings. The monoisotopic (exact) mass is 281 g/mol. The molecule has 1 aromatic rings. The number of aliphatic hydroxyl groups is 1. The minimum absolute atomic E-state index is 0.399. The lowest BCUT2D eigenvalue weighted by Gasteiger charge is -2.24. The molecular weight excluding hydrogens is 262 g/mol. The van der Waals surface area contributed by atoms with E-state index in [1.165, 1.54) is 0 Å². The van der Waals surface area contributed by atoms with Crippen molar-refractivity contribution < 1.29 is 24.5 Å². The van der Waals surface area contributed by atoms with Gasteiger partial charge in [0, 0.05) is 0 Å². The highest BCUT2D eigenvalue weighted by molar-refractivity contribution is 5.80. The molecule has 1 amide bonds. The highest BCUT2D eigenvalue weighted by atomic mass is 16.6. The fraction of sp³-hybridized carbons (Fsp3) is 0.429. The third-order valence-corrected chi connectivity index (χ3v) is 2.40. The van der Waals surface area contributed by atoms with Crippen molar-refractivity contribution in [2.45, 2.75) is 38.5 Å². The van der Waals surface area contributed by atoms with E-state index in [4.69, 9.17) is 9.84 Å². The Balaban J connectivity index is 2.80. The molecule has 20 heavy (non-hydrogen) atoms. The average molecular weight is 281 g/mol. The molecule has 0 aliphatic carbocycles. The molecular formula is C14H19NO5. The predicted molar refractivity (Wildman–Crippen MR) is 72.2 cm³/mol. The van der Waals surface area contributed by atoms with Crippen LogP contribution in [-0.2, 0) is 9.53 Å². The molecule has 0 heterocycles. The highest BCUT2D eigenvalue weighted by Crippen LogP contribution is 2.17. The third kappa shape index (κ3) is 4.89. The summed E-state index contributed by atoms with van der Waals surface area (Å²) in [7, 11) is 0. The maximum Gasteiger partial charge on any atom is 0.408 e. The second kappa shape index (κ2) is 6.38. The van der Waals surface area contributed by atoms with Gasteiger partial charge in [-0.3, -0.25) is 0 Å². The smallest absolute Gasteiger partial charge is 0.408 e. The molecule has 110 valence electrons. The molecule has 6 heteroatoms. The first kappa shape index (κ1) is 16.0. The van der Waals surface area contributed by atoms with Gasteiger partial charge in [-0.2, -0.15) is 0 Å². The first-order chi connectivity index (χ1) is 9.20. The van der Waals surface area contributed by atoms with Gasteiger partial charge in [-0.1, -0.05) is 30.3 Å². The molecule has 0 fully saturated rings. The van der Waals surface area contributed by atoms with Crippen molar-refractivity contribution in [2.24, 2.45) is 0 Å². The lowest BCUT2D eigenvalue weighted by Crippen LogP contribution is -2.46. The molecule has 0 bridgehead atoms. The number of carbonyl (C=O) groups excluding carboxylic acids is 1. The number of nitrogens with one attached hydrogen (secondary N) is 1. The molecule has 0 aromatic heterocycles. The van der Waals surface area contributed by atoms with Gasteiger partial charge < -0.3 is 20.3 Å². The number of hydrogen-bond donors (Lipinski definition) is 3. The number of rotatable bonds is 4. The first-order valence-electron chi connectivity index (χ1n) is 6.16. The number of aliphatic carboxylic acids is 1. The van der Waals surface area contributed by atoms with Crippen LogP contribution in [0.5, 0.6) is 0 Å². The largest absolute Gasteiger partial charge is 0.480 e. The van der Waals surface area contributed by atoms with Gasteiger partial charge in [0.15, 0.2) is 6.04 Å². The first-order valence-corrected chi connectivity index (χ1v) is 6.16. The van der Waals surface area contributed by atoms with Crippen LogP contribution in [-0.4, -0.2) is 33.9 Å². The Hall–Kier alpha value is -2.08. The number of alkyl carbamates (subject to hydrolysis) is 1. The maximum atomic E-state index is 11.6. The summed E-state index contributed by atoms with van der Waals surface area (Å²) in [4.78, 5) is 22.8. The van der Waals surface area contributed by atoms with Crippen molar-refractivity contribution in [3.05, 3.63) is 35.9 Å². The summed E-state index contributed by atoms with van der Waals surface area (Å²) in [6, 6.07) is 6.77. The Labute approximate surface area is 117 Å². The van der Waals surface area contributed by atoms with Crippen LogP contribution in [0.25, 0.3) is 0 Å². The van der Waals surface area contributed by atoms with Crippen LogP contribution < -0.4 is 5.32 Å². The highest BCUT2D eigenvalue weighted by Gasteiger charge is 2.31. The van der Waals surface area contributed by atoms with Crippen LogP contribution >= 0.6 is 0 Å². The number of benzene rings is 1. The van der Waals surface area contributed by atoms with Crippen LogP contribution in [0.15, 0.2) is 30.3 Å². The van der Waals surface area contributed by atoms with Gasteiger partial charge in [0.05, 0.1) is 0 Å². The van der Waals surface area contributed by atoms with Crippen LogP contribution in [0.2, 0.25) is 0 Å². The van der Waals surface area contributed by atoms with Crippen LogP contribution in [0.4, 0.5) is 4.79 Å². The number of carbonyl (C=O) groups is 2. The van der Waals surface area contributed by atoms with E-state index in [1.807, 2.05) is 0 Å². The normalized spacial score (nSPS) is 14.2. The summed E-state index contributed by atoms with van der Waals surface area (Å²) >= 11 is 0. The Morgan fingerprint density at radius 1 is 1.20 bits per heavy atom. The van der Waals surface area contributed by atoms with E-state index in [9.17, 15) is 14.7 Å². The van der Waals surface area contributed by atoms with Crippen molar-refractivity contribution in [1.29, 1.82) is 0 Å². The maximum absolute atomic E-state index is 11.6. The van der Waals surface area contributed by atoms with E-state index in [0.29, 0.717) is 5.56 Å². The average Bonchev–Trinajstić information content (AvgIpc) is 2.34. The van der Waals surface area contributed by atoms with Crippen molar-refractivity contribution in [1.82, 2.24) is 5.32 Å². The van der Waals surface area contributed by atoms with E-state index < -0.39 is 29.8 Å². The number of aliphatic hydroxyl groups excluding tert-OH is 1. The number of hydrogen-bond acceptors (Lipinski definition) is 4. The van der Waals surface area contributed by atoms with Crippen LogP contribution in [0.1, 0.15) is 32.4 Å². The van der Waals surface area contributed by atoms with Gasteiger partial charge in [-0.05, 0) is 26.3 Å². The number of ether oxygens (including phenoxy) is 1. The fourth-order valence-corrected chi connectivity index (χ4v) is 1.55. The van der Waals surface area contributed by atoms with E-state index >= 15 is 0 Å². The standard InChI is InChI=1S/C14H19NO5/c1-14(2,3)20-13(19)15-10(12(17)18)11(16)9-7-5-4-6-8-9/h4-8,10-11,16H,1-3H3,(H,15,19)(H,17,18). The van der Waals surface area contributed by atoms with Crippen molar-refractivity contribution in [3.8, 4) is 0 Å². The molecule has 1 aromatic carbocycles. The van der Waals surface area contributed by atoms with Crippen LogP contribution in [0, 0.1) is 0 Å². The molecule has 2 unspecified atom stereocenters. The van der Waals surface area contributed by atoms with E-state index in [-0.39, 0.29) is 0 Å². The van der Waals surface area contributed by atoms with Gasteiger partial charge in [-0.15, -0.1) is 0 Å². The van der Waals surface area contributed by atoms with Gasteiger partial charge in [0.1, 0.15) is 11.7 Å². The zero-order chi connectivity index (χ0) is 15.3. The van der Waals surface area contributed by atoms with Crippen molar-refractivity contribution >= 4 is 12.1 Å². The molecule has 3 N–H and O–H groups in total. The summed E-state index contributed by atoms with van der Waals surface area (Å²) in [5, 5.41) is 21.3. The van der Waals surface area contributed by atoms with E-state index in [0.717, 1.165) is 0 Å². The lowest BCUT2D eigenvalue weighted by molar-refractivity contribution is -0.142.